The molecule has 3 aliphatic heterocycles. The molecule has 0 amide bonds. The predicted octanol–water partition coefficient (Wildman–Crippen LogP) is 2.40. The van der Waals surface area contributed by atoms with E-state index in [2.05, 4.69) is 0 Å². The molecule has 0 radical (unpaired) electrons. The first-order chi connectivity index (χ1) is 11.1. The van der Waals surface area contributed by atoms with Crippen molar-refractivity contribution in [1.29, 1.82) is 0 Å². The summed E-state index contributed by atoms with van der Waals surface area (Å²) in [5.41, 5.74) is 0. The quantitative estimate of drug-likeness (QED) is 0.546. The van der Waals surface area contributed by atoms with Crippen LogP contribution in [-0.2, 0) is 28.5 Å². The minimum Gasteiger partial charge on any atom is -0.458 e. The normalized spacial score (nSPS) is 40.0. The Balaban J connectivity index is 1.79. The largest absolute Gasteiger partial charge is 0.458 e. The van der Waals surface area contributed by atoms with Crippen molar-refractivity contribution in [2.45, 2.75) is 74.2 Å². The lowest BCUT2D eigenvalue weighted by Crippen LogP contribution is -2.44. The van der Waals surface area contributed by atoms with Gasteiger partial charge in [-0.1, -0.05) is 0 Å². The Morgan fingerprint density at radius 2 is 1.50 bits per heavy atom. The number of cyclic esters (lactones) is 1. The fourth-order valence-corrected chi connectivity index (χ4v) is 5.24. The molecule has 3 fully saturated rings. The molecule has 4 atom stereocenters. The third-order valence-electron chi connectivity index (χ3n) is 4.63. The van der Waals surface area contributed by atoms with Crippen LogP contribution in [0.15, 0.2) is 0 Å². The van der Waals surface area contributed by atoms with Crippen molar-refractivity contribution in [1.82, 2.24) is 0 Å². The molecule has 0 unspecified atom stereocenters. The zero-order valence-electron chi connectivity index (χ0n) is 15.0. The zero-order chi connectivity index (χ0) is 17.8. The van der Waals surface area contributed by atoms with E-state index in [1.54, 1.807) is 0 Å². The molecule has 0 saturated carbocycles. The molecule has 0 aromatic carbocycles. The maximum atomic E-state index is 12.4. The van der Waals surface area contributed by atoms with Gasteiger partial charge in [-0.2, -0.15) is 0 Å². The molecule has 3 aliphatic rings. The summed E-state index contributed by atoms with van der Waals surface area (Å²) < 4.78 is 29.0. The van der Waals surface area contributed by atoms with Gasteiger partial charge in [-0.3, -0.25) is 0 Å². The maximum absolute atomic E-state index is 12.4. The summed E-state index contributed by atoms with van der Waals surface area (Å²) in [7, 11) is 0. The first kappa shape index (κ1) is 18.8. The molecular formula is C16H26O6S2. The minimum atomic E-state index is -0.748. The van der Waals surface area contributed by atoms with Crippen molar-refractivity contribution < 1.29 is 28.5 Å². The van der Waals surface area contributed by atoms with Gasteiger partial charge in [0.25, 0.3) is 0 Å². The molecule has 0 aromatic rings. The van der Waals surface area contributed by atoms with E-state index in [0.29, 0.717) is 13.0 Å². The van der Waals surface area contributed by atoms with Crippen molar-refractivity contribution in [3.8, 4) is 0 Å². The molecule has 6 nitrogen and oxygen atoms in total. The standard InChI is InChI=1S/C16H26O6S2/c1-14(2)18-8-10(20-14)12-11(21-15(3,4)22-12)9-7-16(23-5,24-6)13(17)19-9/h9-12H,7-8H2,1-6H3/t9-,10-,11+,12-/m1/s1. The van der Waals surface area contributed by atoms with Crippen LogP contribution in [0.25, 0.3) is 0 Å². The van der Waals surface area contributed by atoms with Gasteiger partial charge in [0.05, 0.1) is 6.61 Å². The number of rotatable bonds is 4. The summed E-state index contributed by atoms with van der Waals surface area (Å²) in [5.74, 6) is -1.58. The molecule has 24 heavy (non-hydrogen) atoms. The van der Waals surface area contributed by atoms with E-state index in [9.17, 15) is 4.79 Å². The van der Waals surface area contributed by atoms with E-state index in [-0.39, 0.29) is 30.4 Å². The Morgan fingerprint density at radius 3 is 1.96 bits per heavy atom. The number of carbonyl (C=O) groups excluding carboxylic acids is 1. The highest BCUT2D eigenvalue weighted by Gasteiger charge is 2.58. The molecule has 8 heteroatoms. The molecule has 138 valence electrons. The fourth-order valence-electron chi connectivity index (χ4n) is 3.49. The van der Waals surface area contributed by atoms with Crippen molar-refractivity contribution >= 4 is 29.5 Å². The van der Waals surface area contributed by atoms with Gasteiger partial charge in [-0.05, 0) is 40.2 Å². The second-order valence-electron chi connectivity index (χ2n) is 7.24. The monoisotopic (exact) mass is 378 g/mol. The molecule has 0 aliphatic carbocycles. The lowest BCUT2D eigenvalue weighted by molar-refractivity contribution is -0.175. The van der Waals surface area contributed by atoms with Gasteiger partial charge < -0.3 is 23.7 Å². The van der Waals surface area contributed by atoms with Gasteiger partial charge in [-0.25, -0.2) is 4.79 Å². The molecule has 3 heterocycles. The molecule has 0 bridgehead atoms. The minimum absolute atomic E-state index is 0.191. The van der Waals surface area contributed by atoms with Crippen LogP contribution in [-0.4, -0.2) is 65.2 Å². The van der Waals surface area contributed by atoms with Crippen LogP contribution in [0.4, 0.5) is 0 Å². The van der Waals surface area contributed by atoms with Gasteiger partial charge in [0.2, 0.25) is 0 Å². The van der Waals surface area contributed by atoms with Gasteiger partial charge in [0, 0.05) is 6.42 Å². The topological polar surface area (TPSA) is 63.2 Å². The lowest BCUT2D eigenvalue weighted by atomic mass is 10.0. The Hall–Kier alpha value is 0.01000. The van der Waals surface area contributed by atoms with E-state index in [1.807, 2.05) is 40.2 Å². The van der Waals surface area contributed by atoms with Crippen LogP contribution >= 0.6 is 23.5 Å². The zero-order valence-corrected chi connectivity index (χ0v) is 16.6. The molecule has 3 rings (SSSR count). The molecule has 3 saturated heterocycles. The molecule has 0 spiro atoms. The summed E-state index contributed by atoms with van der Waals surface area (Å²) in [5, 5.41) is 0. The van der Waals surface area contributed by atoms with Gasteiger partial charge >= 0.3 is 5.97 Å². The van der Waals surface area contributed by atoms with Crippen LogP contribution in [0, 0.1) is 0 Å². The lowest BCUT2D eigenvalue weighted by Gasteiger charge is -2.26. The highest BCUT2D eigenvalue weighted by Crippen LogP contribution is 2.48. The van der Waals surface area contributed by atoms with E-state index in [0.717, 1.165) is 0 Å². The van der Waals surface area contributed by atoms with Crippen LogP contribution in [0.1, 0.15) is 34.1 Å². The summed E-state index contributed by atoms with van der Waals surface area (Å²) >= 11 is 3.04. The highest BCUT2D eigenvalue weighted by atomic mass is 32.2. The average molecular weight is 379 g/mol. The molecule has 0 N–H and O–H groups in total. The SMILES string of the molecule is CSC1(SC)C[C@H]([C@@H]2OC(C)(C)O[C@@H]2[C@H]2COC(C)(C)O2)OC1=O. The van der Waals surface area contributed by atoms with Gasteiger partial charge in [-0.15, -0.1) is 23.5 Å². The first-order valence-electron chi connectivity index (χ1n) is 8.10. The third-order valence-corrected chi connectivity index (χ3v) is 7.61. The number of hydrogen-bond donors (Lipinski definition) is 0. The van der Waals surface area contributed by atoms with Crippen LogP contribution in [0.3, 0.4) is 0 Å². The van der Waals surface area contributed by atoms with Gasteiger partial charge in [0.1, 0.15) is 24.4 Å². The van der Waals surface area contributed by atoms with E-state index in [4.69, 9.17) is 23.7 Å². The Kier molecular flexibility index (Phi) is 4.95. The Labute approximate surface area is 151 Å². The van der Waals surface area contributed by atoms with Crippen LogP contribution in [0.5, 0.6) is 0 Å². The van der Waals surface area contributed by atoms with Crippen LogP contribution in [0.2, 0.25) is 0 Å². The smallest absolute Gasteiger partial charge is 0.333 e. The summed E-state index contributed by atoms with van der Waals surface area (Å²) in [6.45, 7) is 7.93. The van der Waals surface area contributed by atoms with Crippen molar-refractivity contribution in [2.75, 3.05) is 19.1 Å². The van der Waals surface area contributed by atoms with Crippen molar-refractivity contribution in [3.05, 3.63) is 0 Å². The summed E-state index contributed by atoms with van der Waals surface area (Å²) in [6.07, 6.45) is 3.16. The van der Waals surface area contributed by atoms with E-state index >= 15 is 0 Å². The predicted molar refractivity (Wildman–Crippen MR) is 93.0 cm³/mol. The van der Waals surface area contributed by atoms with Gasteiger partial charge in [0.15, 0.2) is 15.7 Å². The summed E-state index contributed by atoms with van der Waals surface area (Å²) in [6, 6.07) is 0. The van der Waals surface area contributed by atoms with Crippen molar-refractivity contribution in [2.24, 2.45) is 0 Å². The second-order valence-corrected chi connectivity index (χ2v) is 9.71. The number of hydrogen-bond acceptors (Lipinski definition) is 8. The van der Waals surface area contributed by atoms with E-state index < -0.39 is 15.7 Å². The number of esters is 1. The van der Waals surface area contributed by atoms with Crippen LogP contribution < -0.4 is 0 Å². The molecule has 0 aromatic heterocycles. The number of ether oxygens (including phenoxy) is 5. The fraction of sp³-hybridized carbons (Fsp3) is 0.938. The average Bonchev–Trinajstić information content (AvgIpc) is 3.12. The number of thioether (sulfide) groups is 2. The first-order valence-corrected chi connectivity index (χ1v) is 10.6. The number of carbonyl (C=O) groups is 1. The highest BCUT2D eigenvalue weighted by molar-refractivity contribution is 8.18. The molecular weight excluding hydrogens is 352 g/mol. The Morgan fingerprint density at radius 1 is 0.917 bits per heavy atom. The Bertz CT molecular complexity index is 505. The maximum Gasteiger partial charge on any atom is 0.333 e. The third kappa shape index (κ3) is 3.33. The second kappa shape index (κ2) is 6.32. The summed E-state index contributed by atoms with van der Waals surface area (Å²) in [4.78, 5) is 12.4. The van der Waals surface area contributed by atoms with E-state index in [1.165, 1.54) is 23.5 Å². The van der Waals surface area contributed by atoms with Crippen molar-refractivity contribution in [3.63, 3.8) is 0 Å².